The molecule has 0 saturated carbocycles. The molecule has 3 N–H and O–H groups in total. The van der Waals surface area contributed by atoms with Crippen LogP contribution >= 0.6 is 0 Å². The highest BCUT2D eigenvalue weighted by molar-refractivity contribution is 5.33. The second kappa shape index (κ2) is 6.91. The molecule has 1 aliphatic rings. The molecule has 0 radical (unpaired) electrons. The van der Waals surface area contributed by atoms with Gasteiger partial charge in [0.05, 0.1) is 0 Å². The van der Waals surface area contributed by atoms with Crippen molar-refractivity contribution in [1.82, 2.24) is 5.32 Å². The minimum absolute atomic E-state index is 0.329. The average Bonchev–Trinajstić information content (AvgIpc) is 2.38. The van der Waals surface area contributed by atoms with Crippen molar-refractivity contribution in [2.24, 2.45) is 5.73 Å². The minimum atomic E-state index is 0.329. The molecule has 100 valence electrons. The fourth-order valence-electron chi connectivity index (χ4n) is 2.68. The van der Waals surface area contributed by atoms with Gasteiger partial charge in [0.25, 0.3) is 0 Å². The summed E-state index contributed by atoms with van der Waals surface area (Å²) in [6.45, 7) is 4.13. The molecular formula is C16H26N2. The van der Waals surface area contributed by atoms with Gasteiger partial charge in [-0.1, -0.05) is 18.2 Å². The predicted molar refractivity (Wildman–Crippen MR) is 77.7 cm³/mol. The van der Waals surface area contributed by atoms with E-state index in [0.29, 0.717) is 6.04 Å². The van der Waals surface area contributed by atoms with Crippen LogP contribution in [-0.2, 0) is 19.4 Å². The van der Waals surface area contributed by atoms with Crippen molar-refractivity contribution < 1.29 is 0 Å². The normalized spacial score (nSPS) is 16.3. The SMILES string of the molecule is CC(N)CCCNCc1ccc2c(c1)CCCC2. The number of nitrogens with one attached hydrogen (secondary N) is 1. The van der Waals surface area contributed by atoms with Crippen molar-refractivity contribution in [1.29, 1.82) is 0 Å². The van der Waals surface area contributed by atoms with Gasteiger partial charge in [-0.3, -0.25) is 0 Å². The van der Waals surface area contributed by atoms with Crippen molar-refractivity contribution >= 4 is 0 Å². The molecule has 0 aromatic heterocycles. The fourth-order valence-corrected chi connectivity index (χ4v) is 2.68. The number of benzene rings is 1. The summed E-state index contributed by atoms with van der Waals surface area (Å²) in [5, 5.41) is 3.51. The van der Waals surface area contributed by atoms with Crippen LogP contribution in [0.2, 0.25) is 0 Å². The molecule has 1 aliphatic carbocycles. The third-order valence-corrected chi connectivity index (χ3v) is 3.76. The van der Waals surface area contributed by atoms with Crippen LogP contribution in [0.1, 0.15) is 49.3 Å². The van der Waals surface area contributed by atoms with Gasteiger partial charge < -0.3 is 11.1 Å². The lowest BCUT2D eigenvalue weighted by atomic mass is 9.90. The highest BCUT2D eigenvalue weighted by Gasteiger charge is 2.08. The van der Waals surface area contributed by atoms with E-state index in [1.54, 1.807) is 11.1 Å². The zero-order chi connectivity index (χ0) is 12.8. The number of hydrogen-bond acceptors (Lipinski definition) is 2. The Morgan fingerprint density at radius 2 is 2.00 bits per heavy atom. The molecule has 18 heavy (non-hydrogen) atoms. The summed E-state index contributed by atoms with van der Waals surface area (Å²) in [5.74, 6) is 0. The van der Waals surface area contributed by atoms with Crippen molar-refractivity contribution in [3.63, 3.8) is 0 Å². The molecule has 1 unspecified atom stereocenters. The van der Waals surface area contributed by atoms with Crippen LogP contribution in [0, 0.1) is 0 Å². The number of hydrogen-bond donors (Lipinski definition) is 2. The Balaban J connectivity index is 1.76. The molecule has 0 fully saturated rings. The lowest BCUT2D eigenvalue weighted by molar-refractivity contribution is 0.574. The second-order valence-corrected chi connectivity index (χ2v) is 5.61. The standard InChI is InChI=1S/C16H26N2/c1-13(17)5-4-10-18-12-14-8-9-15-6-2-3-7-16(15)11-14/h8-9,11,13,18H,2-7,10,12,17H2,1H3. The Hall–Kier alpha value is -0.860. The maximum atomic E-state index is 5.73. The molecule has 2 nitrogen and oxygen atoms in total. The van der Waals surface area contributed by atoms with Crippen LogP contribution in [0.25, 0.3) is 0 Å². The van der Waals surface area contributed by atoms with E-state index in [1.165, 1.54) is 37.7 Å². The van der Waals surface area contributed by atoms with Gasteiger partial charge in [0.15, 0.2) is 0 Å². The van der Waals surface area contributed by atoms with Gasteiger partial charge in [-0.2, -0.15) is 0 Å². The highest BCUT2D eigenvalue weighted by Crippen LogP contribution is 2.22. The van der Waals surface area contributed by atoms with Gasteiger partial charge in [-0.25, -0.2) is 0 Å². The van der Waals surface area contributed by atoms with E-state index in [0.717, 1.165) is 19.5 Å². The van der Waals surface area contributed by atoms with E-state index in [1.807, 2.05) is 0 Å². The van der Waals surface area contributed by atoms with Gasteiger partial charge in [-0.15, -0.1) is 0 Å². The fraction of sp³-hybridized carbons (Fsp3) is 0.625. The first-order valence-corrected chi connectivity index (χ1v) is 7.32. The largest absolute Gasteiger partial charge is 0.328 e. The first-order chi connectivity index (χ1) is 8.75. The van der Waals surface area contributed by atoms with Crippen LogP contribution in [-0.4, -0.2) is 12.6 Å². The van der Waals surface area contributed by atoms with Gasteiger partial charge >= 0.3 is 0 Å². The second-order valence-electron chi connectivity index (χ2n) is 5.61. The molecule has 0 saturated heterocycles. The van der Waals surface area contributed by atoms with Gasteiger partial charge in [0.1, 0.15) is 0 Å². The van der Waals surface area contributed by atoms with E-state index in [4.69, 9.17) is 5.73 Å². The highest BCUT2D eigenvalue weighted by atomic mass is 14.8. The Kier molecular flexibility index (Phi) is 5.21. The molecule has 1 aromatic rings. The monoisotopic (exact) mass is 246 g/mol. The summed E-state index contributed by atoms with van der Waals surface area (Å²) in [7, 11) is 0. The first-order valence-electron chi connectivity index (χ1n) is 7.32. The summed E-state index contributed by atoms with van der Waals surface area (Å²) in [4.78, 5) is 0. The van der Waals surface area contributed by atoms with Crippen molar-refractivity contribution in [3.05, 3.63) is 34.9 Å². The first kappa shape index (κ1) is 13.6. The van der Waals surface area contributed by atoms with E-state index in [2.05, 4.69) is 30.4 Å². The van der Waals surface area contributed by atoms with Crippen molar-refractivity contribution in [3.8, 4) is 0 Å². The summed E-state index contributed by atoms with van der Waals surface area (Å²) in [5.41, 5.74) is 10.3. The Morgan fingerprint density at radius 1 is 1.22 bits per heavy atom. The number of rotatable bonds is 6. The zero-order valence-corrected chi connectivity index (χ0v) is 11.5. The predicted octanol–water partition coefficient (Wildman–Crippen LogP) is 2.78. The van der Waals surface area contributed by atoms with E-state index in [-0.39, 0.29) is 0 Å². The maximum absolute atomic E-state index is 5.73. The number of nitrogens with two attached hydrogens (primary N) is 1. The molecule has 1 atom stereocenters. The van der Waals surface area contributed by atoms with Crippen LogP contribution in [0.15, 0.2) is 18.2 Å². The smallest absolute Gasteiger partial charge is 0.0205 e. The number of fused-ring (bicyclic) bond motifs is 1. The molecule has 0 spiro atoms. The molecule has 0 bridgehead atoms. The molecule has 0 aliphatic heterocycles. The Bertz CT molecular complexity index is 371. The van der Waals surface area contributed by atoms with Crippen LogP contribution in [0.3, 0.4) is 0 Å². The lowest BCUT2D eigenvalue weighted by Crippen LogP contribution is -2.20. The molecule has 2 heteroatoms. The summed E-state index contributed by atoms with van der Waals surface area (Å²) < 4.78 is 0. The molecule has 0 heterocycles. The maximum Gasteiger partial charge on any atom is 0.0205 e. The summed E-state index contributed by atoms with van der Waals surface area (Å²) in [6.07, 6.45) is 7.55. The lowest BCUT2D eigenvalue weighted by Gasteiger charge is -2.16. The Labute approximate surface area is 111 Å². The Morgan fingerprint density at radius 3 is 2.78 bits per heavy atom. The zero-order valence-electron chi connectivity index (χ0n) is 11.5. The van der Waals surface area contributed by atoms with Crippen LogP contribution in [0.4, 0.5) is 0 Å². The van der Waals surface area contributed by atoms with E-state index in [9.17, 15) is 0 Å². The molecular weight excluding hydrogens is 220 g/mol. The van der Waals surface area contributed by atoms with Crippen LogP contribution in [0.5, 0.6) is 0 Å². The summed E-state index contributed by atoms with van der Waals surface area (Å²) in [6, 6.07) is 7.33. The molecule has 0 amide bonds. The topological polar surface area (TPSA) is 38.0 Å². The van der Waals surface area contributed by atoms with Crippen molar-refractivity contribution in [2.75, 3.05) is 6.54 Å². The van der Waals surface area contributed by atoms with Gasteiger partial charge in [0.2, 0.25) is 0 Å². The third-order valence-electron chi connectivity index (χ3n) is 3.76. The summed E-state index contributed by atoms with van der Waals surface area (Å²) >= 11 is 0. The van der Waals surface area contributed by atoms with Gasteiger partial charge in [0, 0.05) is 12.6 Å². The number of aryl methyl sites for hydroxylation is 2. The van der Waals surface area contributed by atoms with E-state index >= 15 is 0 Å². The van der Waals surface area contributed by atoms with Crippen LogP contribution < -0.4 is 11.1 Å². The minimum Gasteiger partial charge on any atom is -0.328 e. The quantitative estimate of drug-likeness (QED) is 0.757. The molecule has 1 aromatic carbocycles. The van der Waals surface area contributed by atoms with Gasteiger partial charge in [-0.05, 0) is 68.7 Å². The van der Waals surface area contributed by atoms with E-state index < -0.39 is 0 Å². The molecule has 2 rings (SSSR count). The van der Waals surface area contributed by atoms with Crippen molar-refractivity contribution in [2.45, 2.75) is 58.0 Å². The third kappa shape index (κ3) is 4.11. The average molecular weight is 246 g/mol.